The molecule has 8 N–H and O–H groups in total. The summed E-state index contributed by atoms with van der Waals surface area (Å²) in [5, 5.41) is 18.1. The van der Waals surface area contributed by atoms with Crippen LogP contribution in [0.2, 0.25) is 0 Å². The molecule has 10 aromatic heterocycles. The molecule has 0 aliphatic carbocycles. The number of para-hydroxylation sites is 1. The smallest absolute Gasteiger partial charge is 0.393 e. The molecule has 14 rings (SSSR count). The number of hydrogen-bond donors (Lipinski definition) is 4. The number of aromatic nitrogens is 6. The standard InChI is InChI=1S/2C7H9NO.2C7H9NS.C7H10O.C7H10S.C6H9NO.C6H9NS.C6H8O2.C6H8OS.C5H7NO2.2C5H7NOS.C5H7NS2/c8-6-9-7-4-2-1-3-5-7;8-9-6-7-4-2-1-3-5-7;8-6-9-7-4-2-1-3-5-7;8-9-6-7-4-2-1-3-5-7;2*1-2-4-7-5-3-6-8-7;2*1-2-3-6-7-4-5-8-6;2*1-7-5-6-3-2-4-8-6;1-2-7-5-6-3-4-8-5;1-2-8-5-6-3-4-7-5;2*1-2-7-5-6-3-4-8-5/h4*1-5H,6,8H2;2*3,5-6H,2,4H2,1H3;2*4-5H,2-3H2,1H3;2*2-4H,5H2,1H3;4*3-4H,2H2,1H3. The lowest BCUT2D eigenvalue weighted by molar-refractivity contribution is 0.124. The zero-order valence-corrected chi connectivity index (χ0v) is 75.6. The van der Waals surface area contributed by atoms with Gasteiger partial charge in [-0.15, -0.1) is 57.1 Å². The number of benzene rings is 4. The molecule has 0 saturated carbocycles. The molecule has 0 radical (unpaired) electrons. The zero-order valence-electron chi connectivity index (χ0n) is 68.3. The lowest BCUT2D eigenvalue weighted by atomic mass is 10.2. The van der Waals surface area contributed by atoms with Gasteiger partial charge in [0.2, 0.25) is 0 Å². The first kappa shape index (κ1) is 106. The lowest BCUT2D eigenvalue weighted by Crippen LogP contribution is -2.06. The van der Waals surface area contributed by atoms with Gasteiger partial charge in [0, 0.05) is 88.1 Å². The van der Waals surface area contributed by atoms with Crippen molar-refractivity contribution in [2.45, 2.75) is 147 Å². The summed E-state index contributed by atoms with van der Waals surface area (Å²) in [7, 11) is 3.35. The van der Waals surface area contributed by atoms with E-state index in [9.17, 15) is 0 Å². The molecule has 10 heterocycles. The van der Waals surface area contributed by atoms with E-state index in [0.717, 1.165) is 95.1 Å². The predicted molar refractivity (Wildman–Crippen MR) is 489 cm³/mol. The van der Waals surface area contributed by atoms with Crippen molar-refractivity contribution < 1.29 is 50.6 Å². The molecular weight excluding hydrogens is 1640 g/mol. The van der Waals surface area contributed by atoms with Crippen LogP contribution in [-0.2, 0) is 65.6 Å². The van der Waals surface area contributed by atoms with Gasteiger partial charge >= 0.3 is 6.08 Å². The van der Waals surface area contributed by atoms with E-state index in [1.54, 1.807) is 133 Å². The molecule has 0 bridgehead atoms. The number of methoxy groups -OCH3 is 2. The molecule has 632 valence electrons. The average Bonchev–Trinajstić information content (AvgIpc) is 1.62. The normalized spacial score (nSPS) is 9.47. The summed E-state index contributed by atoms with van der Waals surface area (Å²) in [5.74, 6) is 12.2. The second-order valence-corrected chi connectivity index (χ2v) is 31.0. The van der Waals surface area contributed by atoms with Crippen LogP contribution in [-0.4, -0.2) is 81.5 Å². The van der Waals surface area contributed by atoms with Crippen molar-refractivity contribution in [3.8, 4) is 17.0 Å². The molecule has 14 aromatic rings. The molecular formula is C86H118N10O11S9. The highest BCUT2D eigenvalue weighted by atomic mass is 32.2. The molecule has 0 unspecified atom stereocenters. The van der Waals surface area contributed by atoms with Gasteiger partial charge in [0.1, 0.15) is 53.7 Å². The van der Waals surface area contributed by atoms with E-state index >= 15 is 0 Å². The van der Waals surface area contributed by atoms with Crippen LogP contribution in [0.25, 0.3) is 0 Å². The quantitative estimate of drug-likeness (QED) is 0.0153. The minimum atomic E-state index is 0.240. The van der Waals surface area contributed by atoms with Crippen LogP contribution in [0.3, 0.4) is 0 Å². The first-order valence-electron chi connectivity index (χ1n) is 37.5. The lowest BCUT2D eigenvalue weighted by Gasteiger charge is -1.98. The molecule has 0 spiro atoms. The third kappa shape index (κ3) is 63.1. The molecule has 116 heavy (non-hydrogen) atoms. The fraction of sp³-hybridized carbons (Fsp3) is 0.326. The Balaban J connectivity index is 0.000000625. The van der Waals surface area contributed by atoms with E-state index in [2.05, 4.69) is 124 Å². The van der Waals surface area contributed by atoms with E-state index in [0.29, 0.717) is 38.4 Å². The number of nitrogens with two attached hydrogens (primary N) is 4. The number of ether oxygens (including phenoxy) is 5. The van der Waals surface area contributed by atoms with Crippen LogP contribution in [0, 0.1) is 0 Å². The van der Waals surface area contributed by atoms with Gasteiger partial charge in [0.25, 0.3) is 10.4 Å². The highest BCUT2D eigenvalue weighted by molar-refractivity contribution is 8.01. The van der Waals surface area contributed by atoms with Crippen LogP contribution in [0.5, 0.6) is 17.0 Å². The van der Waals surface area contributed by atoms with E-state index in [1.807, 2.05) is 186 Å². The Kier molecular flexibility index (Phi) is 73.6. The van der Waals surface area contributed by atoms with Gasteiger partial charge in [-0.1, -0.05) is 204 Å². The minimum Gasteiger partial charge on any atom is -0.479 e. The largest absolute Gasteiger partial charge is 0.479 e. The third-order valence-electron chi connectivity index (χ3n) is 12.7. The van der Waals surface area contributed by atoms with Crippen molar-refractivity contribution in [3.63, 3.8) is 0 Å². The molecule has 21 nitrogen and oxygen atoms in total. The van der Waals surface area contributed by atoms with Crippen molar-refractivity contribution in [2.75, 3.05) is 51.5 Å². The van der Waals surface area contributed by atoms with Gasteiger partial charge in [-0.2, -0.15) is 4.98 Å². The zero-order chi connectivity index (χ0) is 84.3. The van der Waals surface area contributed by atoms with E-state index < -0.39 is 0 Å². The predicted octanol–water partition coefficient (Wildman–Crippen LogP) is 24.2. The van der Waals surface area contributed by atoms with Crippen LogP contribution in [0.15, 0.2) is 302 Å². The summed E-state index contributed by atoms with van der Waals surface area (Å²) >= 11 is 14.9. The summed E-state index contributed by atoms with van der Waals surface area (Å²) in [6.07, 6.45) is 27.8. The molecule has 4 aromatic carbocycles. The topological polar surface area (TPSA) is 302 Å². The SMILES string of the molecule is CCCc1ccco1.CCCc1cccs1.CCCc1ncco1.CCCc1nccs1.CCOc1ncco1.CCOc1nccs1.CCSc1ncco1.CCSc1nccs1.COCc1ccco1.COCc1cccs1.NCOc1ccccc1.NCSc1ccccc1.NOCc1ccccc1.NSCc1ccccc1. The van der Waals surface area contributed by atoms with Crippen molar-refractivity contribution in [1.82, 2.24) is 29.9 Å². The molecule has 0 atom stereocenters. The molecule has 30 heteroatoms. The van der Waals surface area contributed by atoms with Gasteiger partial charge in [-0.05, 0) is 140 Å². The number of nitrogens with zero attached hydrogens (tertiary/aromatic N) is 6. The highest BCUT2D eigenvalue weighted by Crippen LogP contribution is 2.20. The van der Waals surface area contributed by atoms with Crippen LogP contribution in [0.4, 0.5) is 0 Å². The number of furan rings is 2. The van der Waals surface area contributed by atoms with Gasteiger partial charge in [0.05, 0.1) is 62.6 Å². The molecule has 0 amide bonds. The highest BCUT2D eigenvalue weighted by Gasteiger charge is 1.98. The Labute approximate surface area is 725 Å². The molecule has 0 saturated heterocycles. The van der Waals surface area contributed by atoms with Crippen LogP contribution >= 0.6 is 104 Å². The fourth-order valence-corrected chi connectivity index (χ4v) is 13.6. The third-order valence-corrected chi connectivity index (χ3v) is 19.8. The number of thioether (sulfide) groups is 3. The monoisotopic (exact) mass is 1750 g/mol. The van der Waals surface area contributed by atoms with E-state index in [-0.39, 0.29) is 6.73 Å². The number of aryl methyl sites for hydroxylation is 4. The average molecular weight is 1760 g/mol. The minimum absolute atomic E-state index is 0.240. The van der Waals surface area contributed by atoms with Crippen LogP contribution < -0.4 is 36.7 Å². The summed E-state index contributed by atoms with van der Waals surface area (Å²) in [4.78, 5) is 32.1. The summed E-state index contributed by atoms with van der Waals surface area (Å²) < 4.78 is 50.4. The van der Waals surface area contributed by atoms with Gasteiger partial charge < -0.3 is 51.5 Å². The summed E-state index contributed by atoms with van der Waals surface area (Å²) in [6.45, 7) is 20.0. The Morgan fingerprint density at radius 3 is 1.43 bits per heavy atom. The summed E-state index contributed by atoms with van der Waals surface area (Å²) in [5.41, 5.74) is 12.8. The first-order valence-corrected chi connectivity index (χ1v) is 45.9. The Morgan fingerprint density at radius 2 is 0.966 bits per heavy atom. The van der Waals surface area contributed by atoms with Crippen molar-refractivity contribution >= 4 is 104 Å². The maximum atomic E-state index is 5.32. The Hall–Kier alpha value is -8.12. The molecule has 0 fully saturated rings. The maximum Gasteiger partial charge on any atom is 0.393 e. The molecule has 0 aliphatic rings. The van der Waals surface area contributed by atoms with E-state index in [1.165, 1.54) is 78.4 Å². The maximum absolute atomic E-state index is 5.32. The van der Waals surface area contributed by atoms with Gasteiger partial charge in [-0.3, -0.25) is 15.7 Å². The van der Waals surface area contributed by atoms with Crippen molar-refractivity contribution in [3.05, 3.63) is 309 Å². The van der Waals surface area contributed by atoms with Gasteiger partial charge in [-0.25, -0.2) is 30.8 Å². The summed E-state index contributed by atoms with van der Waals surface area (Å²) in [6, 6.07) is 55.6. The Bertz CT molecular complexity index is 3260. The number of thiophene rings is 2. The van der Waals surface area contributed by atoms with E-state index in [4.69, 9.17) is 68.3 Å². The number of hydrogen-bond acceptors (Lipinski definition) is 30. The van der Waals surface area contributed by atoms with Crippen LogP contribution in [0.1, 0.15) is 124 Å². The second-order valence-electron chi connectivity index (χ2n) is 21.8. The van der Waals surface area contributed by atoms with Crippen molar-refractivity contribution in [2.24, 2.45) is 22.5 Å². The Morgan fingerprint density at radius 1 is 0.405 bits per heavy atom. The first-order chi connectivity index (χ1) is 57.0. The number of rotatable bonds is 28. The number of thiazole rings is 3. The second kappa shape index (κ2) is 80.7. The van der Waals surface area contributed by atoms with Gasteiger partial charge in [0.15, 0.2) is 5.89 Å². The fourth-order valence-electron chi connectivity index (χ4n) is 7.84. The van der Waals surface area contributed by atoms with Crippen molar-refractivity contribution in [1.29, 1.82) is 0 Å². The number of oxazole rings is 3. The molecule has 0 aliphatic heterocycles.